The molecule has 0 aliphatic carbocycles. The Morgan fingerprint density at radius 3 is 0.913 bits per heavy atom. The number of anilines is 12. The summed E-state index contributed by atoms with van der Waals surface area (Å²) in [6.07, 6.45) is 0. The molecule has 0 saturated carbocycles. The fourth-order valence-corrected chi connectivity index (χ4v) is 7.07. The predicted octanol–water partition coefficient (Wildman–Crippen LogP) is 9.79. The number of nitrogen functional groups attached to an aromatic ring is 4. The monoisotopic (exact) mass is 642 g/mol. The molecule has 8 nitrogen and oxygen atoms in total. The Bertz CT molecular complexity index is 1840. The van der Waals surface area contributed by atoms with E-state index >= 15 is 0 Å². The van der Waals surface area contributed by atoms with Gasteiger partial charge in [-0.2, -0.15) is 0 Å². The molecule has 0 fully saturated rings. The van der Waals surface area contributed by atoms with Crippen LogP contribution in [0, 0.1) is 0 Å². The summed E-state index contributed by atoms with van der Waals surface area (Å²) in [6, 6.07) is 43.0. The topological polar surface area (TPSA) is 152 Å². The van der Waals surface area contributed by atoms with Crippen LogP contribution in [-0.4, -0.2) is 0 Å². The minimum absolute atomic E-state index is 0.644. The van der Waals surface area contributed by atoms with Crippen LogP contribution < -0.4 is 44.2 Å². The van der Waals surface area contributed by atoms with E-state index in [-0.39, 0.29) is 0 Å². The third-order valence-corrected chi connectivity index (χ3v) is 9.63. The van der Waals surface area contributed by atoms with Crippen LogP contribution in [-0.2, 0) is 0 Å². The number of nitrogens with one attached hydrogen (secondary N) is 4. The van der Waals surface area contributed by atoms with Crippen molar-refractivity contribution < 1.29 is 0 Å². The molecule has 0 amide bonds. The van der Waals surface area contributed by atoms with E-state index in [0.29, 0.717) is 22.7 Å². The lowest BCUT2D eigenvalue weighted by Crippen LogP contribution is -2.03. The zero-order valence-corrected chi connectivity index (χ0v) is 26.5. The van der Waals surface area contributed by atoms with Crippen molar-refractivity contribution in [2.45, 2.75) is 9.79 Å². The van der Waals surface area contributed by atoms with Crippen molar-refractivity contribution in [2.75, 3.05) is 44.2 Å². The average molecular weight is 643 g/mol. The Kier molecular flexibility index (Phi) is 9.28. The van der Waals surface area contributed by atoms with Gasteiger partial charge in [0.2, 0.25) is 0 Å². The first-order chi connectivity index (χ1) is 22.5. The second-order valence-electron chi connectivity index (χ2n) is 10.4. The molecule has 0 aliphatic rings. The van der Waals surface area contributed by atoms with Gasteiger partial charge in [-0.1, -0.05) is 82.3 Å². The van der Waals surface area contributed by atoms with E-state index in [1.165, 1.54) is 0 Å². The fraction of sp³-hybridized carbons (Fsp3) is 0. The van der Waals surface area contributed by atoms with Gasteiger partial charge in [0.05, 0.1) is 68.2 Å². The zero-order valence-electron chi connectivity index (χ0n) is 24.8. The first-order valence-corrected chi connectivity index (χ1v) is 16.7. The Labute approximate surface area is 276 Å². The fourth-order valence-electron chi connectivity index (χ4n) is 4.76. The first-order valence-electron chi connectivity index (χ1n) is 14.5. The summed E-state index contributed by atoms with van der Waals surface area (Å²) < 4.78 is 0. The molecule has 6 aromatic rings. The summed E-state index contributed by atoms with van der Waals surface area (Å²) in [6.45, 7) is 0. The molecule has 10 heteroatoms. The maximum absolute atomic E-state index is 6.36. The van der Waals surface area contributed by atoms with Gasteiger partial charge in [-0.15, -0.1) is 0 Å². The quantitative estimate of drug-likeness (QED) is 0.0506. The molecule has 0 bridgehead atoms. The van der Waals surface area contributed by atoms with Gasteiger partial charge in [-0.3, -0.25) is 0 Å². The number of para-hydroxylation sites is 10. The van der Waals surface area contributed by atoms with Crippen molar-refractivity contribution in [3.8, 4) is 0 Å². The maximum Gasteiger partial charge on any atom is 0.0770 e. The minimum atomic E-state index is 0.644. The van der Waals surface area contributed by atoms with Gasteiger partial charge < -0.3 is 44.2 Å². The summed E-state index contributed by atoms with van der Waals surface area (Å²) in [5, 5.41) is 14.2. The number of hydrogen-bond donors (Lipinski definition) is 8. The Morgan fingerprint density at radius 1 is 0.304 bits per heavy atom. The van der Waals surface area contributed by atoms with Crippen LogP contribution in [0.3, 0.4) is 0 Å². The molecule has 0 unspecified atom stereocenters. The number of nitrogens with two attached hydrogens (primary N) is 4. The zero-order chi connectivity index (χ0) is 31.9. The van der Waals surface area contributed by atoms with Crippen molar-refractivity contribution in [3.05, 3.63) is 133 Å². The van der Waals surface area contributed by atoms with Gasteiger partial charge >= 0.3 is 0 Å². The molecule has 0 aromatic heterocycles. The van der Waals surface area contributed by atoms with Crippen LogP contribution in [0.2, 0.25) is 0 Å². The second kappa shape index (κ2) is 14.0. The van der Waals surface area contributed by atoms with E-state index in [4.69, 9.17) is 22.9 Å². The smallest absolute Gasteiger partial charge is 0.0770 e. The molecule has 0 radical (unpaired) electrons. The van der Waals surface area contributed by atoms with Crippen LogP contribution in [0.1, 0.15) is 0 Å². The number of benzene rings is 6. The molecule has 230 valence electrons. The molecule has 0 saturated heterocycles. The van der Waals surface area contributed by atoms with E-state index in [0.717, 1.165) is 55.3 Å². The van der Waals surface area contributed by atoms with Gasteiger partial charge in [0.25, 0.3) is 0 Å². The highest BCUT2D eigenvalue weighted by Crippen LogP contribution is 2.49. The molecule has 0 heterocycles. The molecule has 6 aromatic carbocycles. The Morgan fingerprint density at radius 2 is 0.587 bits per heavy atom. The molecule has 46 heavy (non-hydrogen) atoms. The summed E-state index contributed by atoms with van der Waals surface area (Å²) in [5.74, 6) is 0. The Hall–Kier alpha value is -5.58. The van der Waals surface area contributed by atoms with E-state index in [1.54, 1.807) is 21.6 Å². The third-order valence-electron chi connectivity index (χ3n) is 7.17. The highest BCUT2D eigenvalue weighted by Gasteiger charge is 2.16. The average Bonchev–Trinajstić information content (AvgIpc) is 3.06. The van der Waals surface area contributed by atoms with Crippen LogP contribution >= 0.6 is 21.6 Å². The van der Waals surface area contributed by atoms with Crippen molar-refractivity contribution in [1.29, 1.82) is 0 Å². The Balaban J connectivity index is 1.37. The largest absolute Gasteiger partial charge is 0.397 e. The van der Waals surface area contributed by atoms with Crippen LogP contribution in [0.25, 0.3) is 0 Å². The minimum Gasteiger partial charge on any atom is -0.397 e. The molecule has 6 rings (SSSR count). The lowest BCUT2D eigenvalue weighted by Gasteiger charge is -2.21. The summed E-state index contributed by atoms with van der Waals surface area (Å²) >= 11 is 0. The number of rotatable bonds is 11. The molecule has 0 aliphatic heterocycles. The van der Waals surface area contributed by atoms with E-state index in [1.807, 2.05) is 121 Å². The van der Waals surface area contributed by atoms with Gasteiger partial charge in [0, 0.05) is 9.79 Å². The molecule has 12 N–H and O–H groups in total. The van der Waals surface area contributed by atoms with Crippen molar-refractivity contribution in [3.63, 3.8) is 0 Å². The van der Waals surface area contributed by atoms with Crippen LogP contribution in [0.15, 0.2) is 143 Å². The number of hydrogen-bond acceptors (Lipinski definition) is 10. The molecule has 0 spiro atoms. The lowest BCUT2D eigenvalue weighted by atomic mass is 10.2. The highest BCUT2D eigenvalue weighted by molar-refractivity contribution is 8.76. The molecular formula is C36H34N8S2. The first kappa shape index (κ1) is 30.4. The maximum atomic E-state index is 6.36. The summed E-state index contributed by atoms with van der Waals surface area (Å²) in [7, 11) is 3.24. The SMILES string of the molecule is Nc1ccccc1Nc1cccc(SSc2cccc(Nc3ccccc3N)c2Nc2ccccc2N)c1Nc1ccccc1N. The molecule has 0 atom stereocenters. The van der Waals surface area contributed by atoms with Crippen molar-refractivity contribution >= 4 is 89.8 Å². The standard InChI is InChI=1S/C36H34N8S2/c37-23-11-1-5-15-27(23)41-31-19-9-21-33(35(31)43-29-17-7-3-13-25(29)39)45-46-34-22-10-20-32(42-28-16-6-2-12-24(28)38)36(34)44-30-18-8-4-14-26(30)40/h1-22,41-44H,37-40H2. The van der Waals surface area contributed by atoms with E-state index in [2.05, 4.69) is 33.4 Å². The van der Waals surface area contributed by atoms with Crippen molar-refractivity contribution in [1.82, 2.24) is 0 Å². The predicted molar refractivity (Wildman–Crippen MR) is 201 cm³/mol. The summed E-state index contributed by atoms with van der Waals surface area (Å²) in [4.78, 5) is 1.98. The molecular weight excluding hydrogens is 609 g/mol. The highest BCUT2D eigenvalue weighted by atomic mass is 33.1. The van der Waals surface area contributed by atoms with Crippen LogP contribution in [0.5, 0.6) is 0 Å². The lowest BCUT2D eigenvalue weighted by molar-refractivity contribution is 1.40. The summed E-state index contributed by atoms with van der Waals surface area (Å²) in [5.41, 5.74) is 34.6. The van der Waals surface area contributed by atoms with Gasteiger partial charge in [-0.05, 0) is 72.8 Å². The normalized spacial score (nSPS) is 10.7. The second-order valence-corrected chi connectivity index (χ2v) is 12.6. The van der Waals surface area contributed by atoms with Gasteiger partial charge in [-0.25, -0.2) is 0 Å². The van der Waals surface area contributed by atoms with Crippen LogP contribution in [0.4, 0.5) is 68.2 Å². The van der Waals surface area contributed by atoms with E-state index < -0.39 is 0 Å². The van der Waals surface area contributed by atoms with Gasteiger partial charge in [0.1, 0.15) is 0 Å². The van der Waals surface area contributed by atoms with E-state index in [9.17, 15) is 0 Å². The van der Waals surface area contributed by atoms with Gasteiger partial charge in [0.15, 0.2) is 0 Å². The third kappa shape index (κ3) is 7.04. The van der Waals surface area contributed by atoms with Crippen molar-refractivity contribution in [2.24, 2.45) is 0 Å².